The number of aromatic amines is 1. The second kappa shape index (κ2) is 6.90. The maximum Gasteiger partial charge on any atom is 0.337 e. The van der Waals surface area contributed by atoms with Crippen LogP contribution in [0.4, 0.5) is 0 Å². The lowest BCUT2D eigenvalue weighted by molar-refractivity contribution is 0.0600. The largest absolute Gasteiger partial charge is 0.492 e. The van der Waals surface area contributed by atoms with Gasteiger partial charge < -0.3 is 14.4 Å². The average molecular weight is 289 g/mol. The minimum atomic E-state index is -0.383. The van der Waals surface area contributed by atoms with E-state index in [0.717, 1.165) is 17.7 Å². The summed E-state index contributed by atoms with van der Waals surface area (Å²) in [4.78, 5) is 13.7. The van der Waals surface area contributed by atoms with E-state index in [4.69, 9.17) is 9.47 Å². The number of hydrogen-bond acceptors (Lipinski definition) is 5. The number of carbonyl (C=O) groups is 1. The number of methoxy groups -OCH3 is 1. The summed E-state index contributed by atoms with van der Waals surface area (Å²) >= 11 is 0. The highest BCUT2D eigenvalue weighted by atomic mass is 16.5. The molecule has 1 N–H and O–H groups in total. The third kappa shape index (κ3) is 3.82. The Morgan fingerprint density at radius 2 is 2.19 bits per heavy atom. The van der Waals surface area contributed by atoms with Crippen LogP contribution in [0.5, 0.6) is 5.75 Å². The van der Waals surface area contributed by atoms with Crippen molar-refractivity contribution in [2.75, 3.05) is 34.4 Å². The fourth-order valence-electron chi connectivity index (χ4n) is 1.86. The minimum Gasteiger partial charge on any atom is -0.492 e. The summed E-state index contributed by atoms with van der Waals surface area (Å²) < 4.78 is 10.6. The van der Waals surface area contributed by atoms with E-state index in [1.54, 1.807) is 24.5 Å². The number of aromatic nitrogens is 2. The van der Waals surface area contributed by atoms with E-state index in [-0.39, 0.29) is 5.97 Å². The number of likely N-dealkylation sites (N-methyl/N-ethyl adjacent to an activating group) is 1. The van der Waals surface area contributed by atoms with Gasteiger partial charge >= 0.3 is 5.97 Å². The molecule has 0 saturated carbocycles. The Labute approximate surface area is 123 Å². The summed E-state index contributed by atoms with van der Waals surface area (Å²) in [6.45, 7) is 1.32. The molecular weight excluding hydrogens is 270 g/mol. The number of ether oxygens (including phenoxy) is 2. The molecule has 1 aromatic heterocycles. The van der Waals surface area contributed by atoms with Gasteiger partial charge in [-0.1, -0.05) is 0 Å². The number of benzene rings is 1. The van der Waals surface area contributed by atoms with Crippen LogP contribution in [-0.2, 0) is 4.74 Å². The zero-order valence-corrected chi connectivity index (χ0v) is 12.4. The molecule has 0 fully saturated rings. The van der Waals surface area contributed by atoms with Gasteiger partial charge in [-0.05, 0) is 32.3 Å². The molecule has 0 unspecified atom stereocenters. The molecule has 2 aromatic rings. The minimum absolute atomic E-state index is 0.383. The van der Waals surface area contributed by atoms with Crippen molar-refractivity contribution in [3.63, 3.8) is 0 Å². The van der Waals surface area contributed by atoms with Crippen LogP contribution in [0.15, 0.2) is 30.6 Å². The predicted octanol–water partition coefficient (Wildman–Crippen LogP) is 1.80. The molecular formula is C15H19N3O3. The summed E-state index contributed by atoms with van der Waals surface area (Å²) in [5.41, 5.74) is 2.26. The summed E-state index contributed by atoms with van der Waals surface area (Å²) in [6, 6.07) is 5.25. The number of rotatable bonds is 6. The van der Waals surface area contributed by atoms with Crippen LogP contribution >= 0.6 is 0 Å². The van der Waals surface area contributed by atoms with Gasteiger partial charge in [0.05, 0.1) is 18.9 Å². The summed E-state index contributed by atoms with van der Waals surface area (Å²) in [5, 5.41) is 6.71. The van der Waals surface area contributed by atoms with Gasteiger partial charge in [-0.15, -0.1) is 0 Å². The molecule has 21 heavy (non-hydrogen) atoms. The van der Waals surface area contributed by atoms with E-state index in [0.29, 0.717) is 17.9 Å². The van der Waals surface area contributed by atoms with E-state index in [2.05, 4.69) is 10.2 Å². The van der Waals surface area contributed by atoms with Crippen molar-refractivity contribution in [3.8, 4) is 16.9 Å². The number of esters is 1. The standard InChI is InChI=1S/C15H19N3O3/c1-18(2)6-7-21-14-8-11(15(19)20-3)4-5-13(14)12-9-16-17-10-12/h4-5,8-10H,6-7H2,1-3H3,(H,16,17). The SMILES string of the molecule is COC(=O)c1ccc(-c2cn[nH]c2)c(OCCN(C)C)c1. The van der Waals surface area contributed by atoms with Crippen LogP contribution < -0.4 is 4.74 Å². The number of H-pyrrole nitrogens is 1. The van der Waals surface area contributed by atoms with Crippen molar-refractivity contribution >= 4 is 5.97 Å². The highest BCUT2D eigenvalue weighted by Gasteiger charge is 2.13. The molecule has 6 heteroatoms. The van der Waals surface area contributed by atoms with Crippen LogP contribution in [0.1, 0.15) is 10.4 Å². The Morgan fingerprint density at radius 1 is 1.38 bits per heavy atom. The molecule has 2 rings (SSSR count). The quantitative estimate of drug-likeness (QED) is 0.821. The average Bonchev–Trinajstić information content (AvgIpc) is 3.00. The van der Waals surface area contributed by atoms with Gasteiger partial charge in [0.15, 0.2) is 0 Å². The number of carbonyl (C=O) groups excluding carboxylic acids is 1. The van der Waals surface area contributed by atoms with E-state index < -0.39 is 0 Å². The molecule has 1 heterocycles. The van der Waals surface area contributed by atoms with Gasteiger partial charge in [0.1, 0.15) is 12.4 Å². The first-order chi connectivity index (χ1) is 10.1. The fourth-order valence-corrected chi connectivity index (χ4v) is 1.86. The van der Waals surface area contributed by atoms with Crippen LogP contribution in [0, 0.1) is 0 Å². The topological polar surface area (TPSA) is 67.4 Å². The van der Waals surface area contributed by atoms with Gasteiger partial charge in [-0.3, -0.25) is 5.10 Å². The Hall–Kier alpha value is -2.34. The predicted molar refractivity (Wildman–Crippen MR) is 79.4 cm³/mol. The Bertz CT molecular complexity index is 594. The molecule has 112 valence electrons. The van der Waals surface area contributed by atoms with Crippen LogP contribution in [0.3, 0.4) is 0 Å². The Balaban J connectivity index is 2.29. The second-order valence-electron chi connectivity index (χ2n) is 4.84. The lowest BCUT2D eigenvalue weighted by atomic mass is 10.1. The zero-order valence-electron chi connectivity index (χ0n) is 12.4. The fraction of sp³-hybridized carbons (Fsp3) is 0.333. The maximum atomic E-state index is 11.6. The lowest BCUT2D eigenvalue weighted by Gasteiger charge is -2.14. The summed E-state index contributed by atoms with van der Waals surface area (Å²) in [6.07, 6.45) is 3.50. The van der Waals surface area contributed by atoms with E-state index >= 15 is 0 Å². The molecule has 0 aliphatic carbocycles. The van der Waals surface area contributed by atoms with Crippen LogP contribution in [0.2, 0.25) is 0 Å². The normalized spacial score (nSPS) is 10.7. The first kappa shape index (κ1) is 15.1. The molecule has 0 aliphatic rings. The third-order valence-electron chi connectivity index (χ3n) is 3.01. The second-order valence-corrected chi connectivity index (χ2v) is 4.84. The van der Waals surface area contributed by atoms with Gasteiger partial charge in [0.25, 0.3) is 0 Å². The molecule has 0 saturated heterocycles. The van der Waals surface area contributed by atoms with Crippen molar-refractivity contribution in [2.45, 2.75) is 0 Å². The molecule has 6 nitrogen and oxygen atoms in total. The molecule has 0 atom stereocenters. The molecule has 0 spiro atoms. The summed E-state index contributed by atoms with van der Waals surface area (Å²) in [5.74, 6) is 0.257. The van der Waals surface area contributed by atoms with E-state index in [1.165, 1.54) is 7.11 Å². The van der Waals surface area contributed by atoms with E-state index in [9.17, 15) is 4.79 Å². The smallest absolute Gasteiger partial charge is 0.337 e. The van der Waals surface area contributed by atoms with Crippen molar-refractivity contribution in [3.05, 3.63) is 36.2 Å². The van der Waals surface area contributed by atoms with Crippen molar-refractivity contribution in [2.24, 2.45) is 0 Å². The summed E-state index contributed by atoms with van der Waals surface area (Å²) in [7, 11) is 5.31. The van der Waals surface area contributed by atoms with Crippen molar-refractivity contribution < 1.29 is 14.3 Å². The number of nitrogens with zero attached hydrogens (tertiary/aromatic N) is 2. The van der Waals surface area contributed by atoms with Gasteiger partial charge in [-0.2, -0.15) is 5.10 Å². The van der Waals surface area contributed by atoms with Crippen molar-refractivity contribution in [1.82, 2.24) is 15.1 Å². The Morgan fingerprint density at radius 3 is 2.81 bits per heavy atom. The highest BCUT2D eigenvalue weighted by Crippen LogP contribution is 2.30. The van der Waals surface area contributed by atoms with Gasteiger partial charge in [0.2, 0.25) is 0 Å². The molecule has 1 aromatic carbocycles. The third-order valence-corrected chi connectivity index (χ3v) is 3.01. The lowest BCUT2D eigenvalue weighted by Crippen LogP contribution is -2.19. The van der Waals surface area contributed by atoms with Crippen LogP contribution in [0.25, 0.3) is 11.1 Å². The van der Waals surface area contributed by atoms with Gasteiger partial charge in [0, 0.05) is 23.9 Å². The Kier molecular flexibility index (Phi) is 4.94. The maximum absolute atomic E-state index is 11.6. The van der Waals surface area contributed by atoms with Crippen LogP contribution in [-0.4, -0.2) is 55.4 Å². The highest BCUT2D eigenvalue weighted by molar-refractivity contribution is 5.91. The zero-order chi connectivity index (χ0) is 15.2. The molecule has 0 bridgehead atoms. The number of nitrogens with one attached hydrogen (secondary N) is 1. The van der Waals surface area contributed by atoms with Gasteiger partial charge in [-0.25, -0.2) is 4.79 Å². The number of hydrogen-bond donors (Lipinski definition) is 1. The van der Waals surface area contributed by atoms with Crippen molar-refractivity contribution in [1.29, 1.82) is 0 Å². The van der Waals surface area contributed by atoms with E-state index in [1.807, 2.05) is 25.1 Å². The molecule has 0 amide bonds. The monoisotopic (exact) mass is 289 g/mol. The first-order valence-corrected chi connectivity index (χ1v) is 6.61. The first-order valence-electron chi connectivity index (χ1n) is 6.61. The molecule has 0 radical (unpaired) electrons. The molecule has 0 aliphatic heterocycles.